The van der Waals surface area contributed by atoms with Gasteiger partial charge < -0.3 is 10.1 Å². The third-order valence-corrected chi connectivity index (χ3v) is 3.90. The molecule has 0 saturated heterocycles. The van der Waals surface area contributed by atoms with Crippen molar-refractivity contribution in [3.63, 3.8) is 0 Å². The van der Waals surface area contributed by atoms with Gasteiger partial charge in [0.05, 0.1) is 5.69 Å². The number of nitrogens with zero attached hydrogens (tertiary/aromatic N) is 3. The van der Waals surface area contributed by atoms with E-state index in [2.05, 4.69) is 20.1 Å². The summed E-state index contributed by atoms with van der Waals surface area (Å²) in [4.78, 5) is 16.5. The summed E-state index contributed by atoms with van der Waals surface area (Å²) in [5.41, 5.74) is 1.46. The molecular formula is C18H15ClF2N4O2. The zero-order valence-electron chi connectivity index (χ0n) is 14.2. The van der Waals surface area contributed by atoms with Gasteiger partial charge in [-0.3, -0.25) is 4.79 Å². The fraction of sp³-hybridized carbons (Fsp3) is 0.167. The molecular weight excluding hydrogens is 378 g/mol. The lowest BCUT2D eigenvalue weighted by Gasteiger charge is -2.06. The number of benzene rings is 2. The highest BCUT2D eigenvalue weighted by molar-refractivity contribution is 6.30. The van der Waals surface area contributed by atoms with Crippen LogP contribution in [0.15, 0.2) is 48.5 Å². The van der Waals surface area contributed by atoms with Crippen LogP contribution >= 0.6 is 11.6 Å². The van der Waals surface area contributed by atoms with Gasteiger partial charge in [-0.1, -0.05) is 23.7 Å². The van der Waals surface area contributed by atoms with Crippen molar-refractivity contribution in [3.05, 3.63) is 70.8 Å². The fourth-order valence-electron chi connectivity index (χ4n) is 2.36. The lowest BCUT2D eigenvalue weighted by Crippen LogP contribution is -2.24. The van der Waals surface area contributed by atoms with Crippen LogP contribution in [0.1, 0.15) is 22.0 Å². The van der Waals surface area contributed by atoms with Gasteiger partial charge in [0.15, 0.2) is 0 Å². The number of alkyl halides is 2. The van der Waals surface area contributed by atoms with Crippen LogP contribution in [0.2, 0.25) is 5.02 Å². The molecule has 0 aliphatic carbocycles. The van der Waals surface area contributed by atoms with E-state index in [4.69, 9.17) is 11.6 Å². The molecule has 9 heteroatoms. The number of hydrogen-bond donors (Lipinski definition) is 1. The smallest absolute Gasteiger partial charge is 0.387 e. The van der Waals surface area contributed by atoms with Gasteiger partial charge in [0.1, 0.15) is 11.6 Å². The molecule has 0 aliphatic heterocycles. The molecule has 0 unspecified atom stereocenters. The Morgan fingerprint density at radius 1 is 1.19 bits per heavy atom. The molecule has 3 rings (SSSR count). The van der Waals surface area contributed by atoms with Crippen molar-refractivity contribution in [1.29, 1.82) is 0 Å². The first-order valence-electron chi connectivity index (χ1n) is 7.94. The third kappa shape index (κ3) is 4.79. The standard InChI is InChI=1S/C18H15ClF2N4O2/c1-11-23-16(24-25(11)14-6-4-13(19)5-7-14)17(26)22-10-12-2-8-15(9-3-12)27-18(20)21/h2-9,18H,10H2,1H3,(H,22,26). The van der Waals surface area contributed by atoms with Crippen molar-refractivity contribution >= 4 is 17.5 Å². The van der Waals surface area contributed by atoms with E-state index >= 15 is 0 Å². The fourth-order valence-corrected chi connectivity index (χ4v) is 2.49. The summed E-state index contributed by atoms with van der Waals surface area (Å²) in [6.45, 7) is -0.941. The molecule has 0 saturated carbocycles. The zero-order chi connectivity index (χ0) is 19.4. The number of amides is 1. The second-order valence-corrected chi connectivity index (χ2v) is 6.01. The van der Waals surface area contributed by atoms with Crippen molar-refractivity contribution in [2.75, 3.05) is 0 Å². The molecule has 0 fully saturated rings. The monoisotopic (exact) mass is 392 g/mol. The molecule has 0 spiro atoms. The molecule has 1 amide bonds. The lowest BCUT2D eigenvalue weighted by molar-refractivity contribution is -0.0498. The Bertz CT molecular complexity index is 928. The number of aryl methyl sites for hydroxylation is 1. The largest absolute Gasteiger partial charge is 0.435 e. The molecule has 0 atom stereocenters. The predicted octanol–water partition coefficient (Wildman–Crippen LogP) is 3.76. The number of carbonyl (C=O) groups is 1. The predicted molar refractivity (Wildman–Crippen MR) is 95.4 cm³/mol. The average molecular weight is 393 g/mol. The maximum absolute atomic E-state index is 12.3. The molecule has 2 aromatic carbocycles. The Balaban J connectivity index is 1.64. The van der Waals surface area contributed by atoms with Gasteiger partial charge in [-0.15, -0.1) is 5.10 Å². The minimum Gasteiger partial charge on any atom is -0.435 e. The Kier molecular flexibility index (Phi) is 5.66. The van der Waals surface area contributed by atoms with Crippen LogP contribution in [0.5, 0.6) is 5.75 Å². The summed E-state index contributed by atoms with van der Waals surface area (Å²) in [7, 11) is 0. The topological polar surface area (TPSA) is 69.0 Å². The molecule has 27 heavy (non-hydrogen) atoms. The summed E-state index contributed by atoms with van der Waals surface area (Å²) in [6.07, 6.45) is 0. The van der Waals surface area contributed by atoms with Crippen molar-refractivity contribution in [3.8, 4) is 11.4 Å². The molecule has 6 nitrogen and oxygen atoms in total. The minimum atomic E-state index is -2.87. The van der Waals surface area contributed by atoms with Gasteiger partial charge in [0.2, 0.25) is 5.82 Å². The second-order valence-electron chi connectivity index (χ2n) is 5.58. The van der Waals surface area contributed by atoms with Gasteiger partial charge in [-0.25, -0.2) is 9.67 Å². The summed E-state index contributed by atoms with van der Waals surface area (Å²) < 4.78 is 30.1. The van der Waals surface area contributed by atoms with Crippen LogP contribution in [0.4, 0.5) is 8.78 Å². The van der Waals surface area contributed by atoms with E-state index in [-0.39, 0.29) is 18.1 Å². The van der Waals surface area contributed by atoms with Crippen LogP contribution in [0.25, 0.3) is 5.69 Å². The molecule has 1 heterocycles. The van der Waals surface area contributed by atoms with Gasteiger partial charge in [0, 0.05) is 11.6 Å². The summed E-state index contributed by atoms with van der Waals surface area (Å²) in [5.74, 6) is 0.189. The van der Waals surface area contributed by atoms with E-state index in [9.17, 15) is 13.6 Å². The Labute approximate surface area is 158 Å². The Morgan fingerprint density at radius 2 is 1.85 bits per heavy atom. The number of carbonyl (C=O) groups excluding carboxylic acids is 1. The molecule has 1 N–H and O–H groups in total. The maximum Gasteiger partial charge on any atom is 0.387 e. The zero-order valence-corrected chi connectivity index (χ0v) is 15.0. The molecule has 0 radical (unpaired) electrons. The molecule has 0 aliphatic rings. The normalized spacial score (nSPS) is 10.9. The first-order chi connectivity index (χ1) is 12.9. The third-order valence-electron chi connectivity index (χ3n) is 3.64. The average Bonchev–Trinajstić information content (AvgIpc) is 3.03. The molecule has 1 aromatic heterocycles. The number of rotatable bonds is 6. The van der Waals surface area contributed by atoms with Gasteiger partial charge >= 0.3 is 6.61 Å². The molecule has 140 valence electrons. The summed E-state index contributed by atoms with van der Waals surface area (Å²) in [5, 5.41) is 7.50. The highest BCUT2D eigenvalue weighted by atomic mass is 35.5. The van der Waals surface area contributed by atoms with E-state index in [1.165, 1.54) is 12.1 Å². The quantitative estimate of drug-likeness (QED) is 0.693. The van der Waals surface area contributed by atoms with Gasteiger partial charge in [-0.05, 0) is 48.9 Å². The Hall–Kier alpha value is -3.00. The first kappa shape index (κ1) is 18.8. The van der Waals surface area contributed by atoms with Crippen molar-refractivity contribution in [1.82, 2.24) is 20.1 Å². The van der Waals surface area contributed by atoms with Gasteiger partial charge in [0.25, 0.3) is 5.91 Å². The highest BCUT2D eigenvalue weighted by Gasteiger charge is 2.15. The second kappa shape index (κ2) is 8.13. The van der Waals surface area contributed by atoms with Crippen LogP contribution in [0, 0.1) is 6.92 Å². The van der Waals surface area contributed by atoms with E-state index in [1.807, 2.05) is 0 Å². The molecule has 0 bridgehead atoms. The van der Waals surface area contributed by atoms with Crippen LogP contribution in [-0.2, 0) is 6.54 Å². The van der Waals surface area contributed by atoms with Crippen LogP contribution in [-0.4, -0.2) is 27.3 Å². The SMILES string of the molecule is Cc1nc(C(=O)NCc2ccc(OC(F)F)cc2)nn1-c1ccc(Cl)cc1. The maximum atomic E-state index is 12.3. The number of nitrogens with one attached hydrogen (secondary N) is 1. The van der Waals surface area contributed by atoms with Crippen molar-refractivity contribution < 1.29 is 18.3 Å². The number of hydrogen-bond acceptors (Lipinski definition) is 4. The first-order valence-corrected chi connectivity index (χ1v) is 8.32. The Morgan fingerprint density at radius 3 is 2.48 bits per heavy atom. The minimum absolute atomic E-state index is 0.0279. The van der Waals surface area contributed by atoms with E-state index in [0.717, 1.165) is 11.3 Å². The highest BCUT2D eigenvalue weighted by Crippen LogP contribution is 2.16. The van der Waals surface area contributed by atoms with Crippen LogP contribution in [0.3, 0.4) is 0 Å². The number of ether oxygens (including phenoxy) is 1. The van der Waals surface area contributed by atoms with Gasteiger partial charge in [-0.2, -0.15) is 8.78 Å². The summed E-state index contributed by atoms with van der Waals surface area (Å²) >= 11 is 5.87. The summed E-state index contributed by atoms with van der Waals surface area (Å²) in [6, 6.07) is 13.0. The lowest BCUT2D eigenvalue weighted by atomic mass is 10.2. The van der Waals surface area contributed by atoms with E-state index < -0.39 is 12.5 Å². The van der Waals surface area contributed by atoms with E-state index in [0.29, 0.717) is 10.8 Å². The van der Waals surface area contributed by atoms with Crippen molar-refractivity contribution in [2.45, 2.75) is 20.1 Å². The number of halogens is 3. The van der Waals surface area contributed by atoms with Crippen molar-refractivity contribution in [2.24, 2.45) is 0 Å². The molecule has 3 aromatic rings. The number of aromatic nitrogens is 3. The van der Waals surface area contributed by atoms with Crippen LogP contribution < -0.4 is 10.1 Å². The van der Waals surface area contributed by atoms with E-state index in [1.54, 1.807) is 48.0 Å².